The minimum atomic E-state index is -0.451. The molecule has 1 aromatic carbocycles. The highest BCUT2D eigenvalue weighted by Gasteiger charge is 2.32. The van der Waals surface area contributed by atoms with Crippen LogP contribution in [-0.4, -0.2) is 42.5 Å². The van der Waals surface area contributed by atoms with E-state index in [0.717, 1.165) is 12.8 Å². The predicted octanol–water partition coefficient (Wildman–Crippen LogP) is 2.95. The Bertz CT molecular complexity index is 732. The lowest BCUT2D eigenvalue weighted by Gasteiger charge is -2.17. The number of amides is 2. The SMILES string of the molecule is COc1ccc(NC(=O)C[C@@H]2SC(=NC3CCCCC3)NC2=O)cc1OC. The molecular weight excluding hydrogens is 366 g/mol. The summed E-state index contributed by atoms with van der Waals surface area (Å²) in [5, 5.41) is 5.81. The molecule has 2 N–H and O–H groups in total. The number of benzene rings is 1. The first kappa shape index (κ1) is 19.5. The van der Waals surface area contributed by atoms with Gasteiger partial charge >= 0.3 is 0 Å². The molecule has 146 valence electrons. The van der Waals surface area contributed by atoms with Crippen LogP contribution in [0.1, 0.15) is 38.5 Å². The summed E-state index contributed by atoms with van der Waals surface area (Å²) in [5.41, 5.74) is 0.595. The number of nitrogens with zero attached hydrogens (tertiary/aromatic N) is 1. The molecule has 1 heterocycles. The molecule has 0 unspecified atom stereocenters. The van der Waals surface area contributed by atoms with Crippen LogP contribution in [0.25, 0.3) is 0 Å². The molecule has 0 bridgehead atoms. The summed E-state index contributed by atoms with van der Waals surface area (Å²) in [6.45, 7) is 0. The molecule has 2 aliphatic rings. The van der Waals surface area contributed by atoms with E-state index in [1.165, 1.54) is 38.1 Å². The molecule has 1 aromatic rings. The number of carbonyl (C=O) groups excluding carboxylic acids is 2. The van der Waals surface area contributed by atoms with E-state index >= 15 is 0 Å². The Hall–Kier alpha value is -2.22. The highest BCUT2D eigenvalue weighted by atomic mass is 32.2. The van der Waals surface area contributed by atoms with Gasteiger partial charge in [-0.3, -0.25) is 14.6 Å². The van der Waals surface area contributed by atoms with Gasteiger partial charge < -0.3 is 20.1 Å². The third-order valence-electron chi connectivity index (χ3n) is 4.69. The second-order valence-corrected chi connectivity index (χ2v) is 7.84. The average Bonchev–Trinajstić information content (AvgIpc) is 3.01. The van der Waals surface area contributed by atoms with E-state index in [4.69, 9.17) is 9.47 Å². The van der Waals surface area contributed by atoms with E-state index < -0.39 is 5.25 Å². The van der Waals surface area contributed by atoms with E-state index in [2.05, 4.69) is 15.6 Å². The number of carbonyl (C=O) groups is 2. The Morgan fingerprint density at radius 3 is 2.67 bits per heavy atom. The van der Waals surface area contributed by atoms with Crippen molar-refractivity contribution in [3.63, 3.8) is 0 Å². The summed E-state index contributed by atoms with van der Waals surface area (Å²) >= 11 is 1.35. The smallest absolute Gasteiger partial charge is 0.240 e. The number of anilines is 1. The Morgan fingerprint density at radius 2 is 1.96 bits per heavy atom. The molecule has 1 aliphatic heterocycles. The van der Waals surface area contributed by atoms with Crippen molar-refractivity contribution in [3.05, 3.63) is 18.2 Å². The molecule has 1 atom stereocenters. The monoisotopic (exact) mass is 391 g/mol. The first-order valence-electron chi connectivity index (χ1n) is 9.16. The van der Waals surface area contributed by atoms with Crippen LogP contribution in [0.15, 0.2) is 23.2 Å². The molecule has 0 radical (unpaired) electrons. The number of thioether (sulfide) groups is 1. The van der Waals surface area contributed by atoms with Gasteiger partial charge in [0.2, 0.25) is 11.8 Å². The zero-order valence-corrected chi connectivity index (χ0v) is 16.4. The van der Waals surface area contributed by atoms with Crippen molar-refractivity contribution in [3.8, 4) is 11.5 Å². The number of ether oxygens (including phenoxy) is 2. The lowest BCUT2D eigenvalue weighted by Crippen LogP contribution is -2.28. The second kappa shape index (κ2) is 9.12. The molecule has 27 heavy (non-hydrogen) atoms. The lowest BCUT2D eigenvalue weighted by molar-refractivity contribution is -0.122. The van der Waals surface area contributed by atoms with Crippen molar-refractivity contribution < 1.29 is 19.1 Å². The van der Waals surface area contributed by atoms with Crippen molar-refractivity contribution >= 4 is 34.4 Å². The Morgan fingerprint density at radius 1 is 1.22 bits per heavy atom. The molecule has 0 aromatic heterocycles. The predicted molar refractivity (Wildman–Crippen MR) is 107 cm³/mol. The van der Waals surface area contributed by atoms with Crippen LogP contribution in [0.5, 0.6) is 11.5 Å². The first-order valence-corrected chi connectivity index (χ1v) is 10.0. The van der Waals surface area contributed by atoms with Crippen LogP contribution in [-0.2, 0) is 9.59 Å². The van der Waals surface area contributed by atoms with Gasteiger partial charge in [-0.2, -0.15) is 0 Å². The summed E-state index contributed by atoms with van der Waals surface area (Å²) in [7, 11) is 3.09. The van der Waals surface area contributed by atoms with Crippen LogP contribution in [0.2, 0.25) is 0 Å². The van der Waals surface area contributed by atoms with E-state index in [1.54, 1.807) is 25.3 Å². The number of nitrogens with one attached hydrogen (secondary N) is 2. The molecule has 8 heteroatoms. The van der Waals surface area contributed by atoms with E-state index in [0.29, 0.717) is 28.4 Å². The van der Waals surface area contributed by atoms with Crippen molar-refractivity contribution in [1.29, 1.82) is 0 Å². The van der Waals surface area contributed by atoms with Crippen LogP contribution in [0.3, 0.4) is 0 Å². The maximum Gasteiger partial charge on any atom is 0.240 e. The minimum Gasteiger partial charge on any atom is -0.493 e. The Kier molecular flexibility index (Phi) is 6.60. The number of aliphatic imine (C=N–C) groups is 1. The van der Waals surface area contributed by atoms with Gasteiger partial charge in [-0.05, 0) is 25.0 Å². The minimum absolute atomic E-state index is 0.0918. The van der Waals surface area contributed by atoms with Gasteiger partial charge in [0.1, 0.15) is 5.25 Å². The van der Waals surface area contributed by atoms with Crippen LogP contribution < -0.4 is 20.1 Å². The zero-order valence-electron chi connectivity index (χ0n) is 15.6. The highest BCUT2D eigenvalue weighted by molar-refractivity contribution is 8.15. The highest BCUT2D eigenvalue weighted by Crippen LogP contribution is 2.30. The maximum absolute atomic E-state index is 12.3. The maximum atomic E-state index is 12.3. The van der Waals surface area contributed by atoms with Crippen molar-refractivity contribution in [2.24, 2.45) is 4.99 Å². The summed E-state index contributed by atoms with van der Waals surface area (Å²) in [6, 6.07) is 5.44. The normalized spacial score (nSPS) is 21.8. The van der Waals surface area contributed by atoms with Crippen LogP contribution >= 0.6 is 11.8 Å². The van der Waals surface area contributed by atoms with Crippen molar-refractivity contribution in [2.45, 2.75) is 49.8 Å². The lowest BCUT2D eigenvalue weighted by atomic mass is 9.96. The number of hydrogen-bond acceptors (Lipinski definition) is 6. The summed E-state index contributed by atoms with van der Waals surface area (Å²) in [6.07, 6.45) is 5.89. The third kappa shape index (κ3) is 5.15. The fourth-order valence-electron chi connectivity index (χ4n) is 3.27. The van der Waals surface area contributed by atoms with Crippen molar-refractivity contribution in [1.82, 2.24) is 5.32 Å². The fraction of sp³-hybridized carbons (Fsp3) is 0.526. The summed E-state index contributed by atoms with van der Waals surface area (Å²) < 4.78 is 10.4. The van der Waals surface area contributed by atoms with Crippen LogP contribution in [0.4, 0.5) is 5.69 Å². The van der Waals surface area contributed by atoms with Gasteiger partial charge in [-0.1, -0.05) is 31.0 Å². The van der Waals surface area contributed by atoms with Gasteiger partial charge in [-0.15, -0.1) is 0 Å². The van der Waals surface area contributed by atoms with E-state index in [9.17, 15) is 9.59 Å². The molecule has 1 saturated heterocycles. The van der Waals surface area contributed by atoms with Gasteiger partial charge in [0.05, 0.1) is 20.3 Å². The Balaban J connectivity index is 1.56. The average molecular weight is 391 g/mol. The van der Waals surface area contributed by atoms with Gasteiger partial charge in [-0.25, -0.2) is 0 Å². The molecule has 3 rings (SSSR count). The van der Waals surface area contributed by atoms with E-state index in [-0.39, 0.29) is 18.2 Å². The molecule has 2 amide bonds. The molecule has 0 spiro atoms. The topological polar surface area (TPSA) is 89.0 Å². The second-order valence-electron chi connectivity index (χ2n) is 6.64. The van der Waals surface area contributed by atoms with E-state index in [1.807, 2.05) is 0 Å². The van der Waals surface area contributed by atoms with Crippen LogP contribution in [0, 0.1) is 0 Å². The number of amidine groups is 1. The number of methoxy groups -OCH3 is 2. The third-order valence-corrected chi connectivity index (χ3v) is 5.79. The quantitative estimate of drug-likeness (QED) is 0.778. The molecule has 1 saturated carbocycles. The summed E-state index contributed by atoms with van der Waals surface area (Å²) in [5.74, 6) is 0.737. The largest absolute Gasteiger partial charge is 0.493 e. The number of rotatable bonds is 6. The fourth-order valence-corrected chi connectivity index (χ4v) is 4.31. The molecule has 1 aliphatic carbocycles. The number of hydrogen-bond donors (Lipinski definition) is 2. The zero-order chi connectivity index (χ0) is 19.2. The van der Waals surface area contributed by atoms with Gasteiger partial charge in [0.25, 0.3) is 0 Å². The van der Waals surface area contributed by atoms with Gasteiger partial charge in [0.15, 0.2) is 16.7 Å². The Labute approximate surface area is 163 Å². The summed E-state index contributed by atoms with van der Waals surface area (Å²) in [4.78, 5) is 29.2. The molecule has 7 nitrogen and oxygen atoms in total. The first-order chi connectivity index (χ1) is 13.1. The molecular formula is C19H25N3O4S. The molecule has 2 fully saturated rings. The van der Waals surface area contributed by atoms with Gasteiger partial charge in [0, 0.05) is 18.2 Å². The standard InChI is InChI=1S/C19H25N3O4S/c1-25-14-9-8-13(10-15(14)26-2)20-17(23)11-16-18(24)22-19(27-16)21-12-6-4-3-5-7-12/h8-10,12,16H,3-7,11H2,1-2H3,(H,20,23)(H,21,22,24)/t16-/m0/s1. The van der Waals surface area contributed by atoms with Crippen molar-refractivity contribution in [2.75, 3.05) is 19.5 Å².